The van der Waals surface area contributed by atoms with Gasteiger partial charge in [0, 0.05) is 31.9 Å². The molecule has 0 radical (unpaired) electrons. The van der Waals surface area contributed by atoms with Gasteiger partial charge in [0.2, 0.25) is 0 Å². The molecular formula is C15H30N4O. The molecule has 1 aromatic rings. The molecule has 1 rings (SSSR count). The van der Waals surface area contributed by atoms with Gasteiger partial charge in [0.15, 0.2) is 0 Å². The zero-order valence-electron chi connectivity index (χ0n) is 13.1. The molecule has 5 nitrogen and oxygen atoms in total. The average molecular weight is 282 g/mol. The first-order valence-corrected chi connectivity index (χ1v) is 7.82. The monoisotopic (exact) mass is 282 g/mol. The van der Waals surface area contributed by atoms with E-state index >= 15 is 0 Å². The molecule has 1 heterocycles. The highest BCUT2D eigenvalue weighted by molar-refractivity contribution is 5.02. The van der Waals surface area contributed by atoms with Crippen molar-refractivity contribution in [2.45, 2.75) is 65.0 Å². The summed E-state index contributed by atoms with van der Waals surface area (Å²) in [7, 11) is 0. The molecule has 0 fully saturated rings. The van der Waals surface area contributed by atoms with E-state index in [1.54, 1.807) is 0 Å². The average Bonchev–Trinajstić information content (AvgIpc) is 2.92. The second-order valence-electron chi connectivity index (χ2n) is 5.16. The van der Waals surface area contributed by atoms with Crippen molar-refractivity contribution in [2.24, 2.45) is 5.84 Å². The Hall–Kier alpha value is -0.910. The SMILES string of the molecule is CCOCCCC(Cc1ccn(C(CC)CC)n1)NN. The number of rotatable bonds is 11. The van der Waals surface area contributed by atoms with E-state index in [0.717, 1.165) is 51.0 Å². The highest BCUT2D eigenvalue weighted by Gasteiger charge is 2.12. The minimum atomic E-state index is 0.264. The maximum atomic E-state index is 5.63. The predicted molar refractivity (Wildman–Crippen MR) is 82.4 cm³/mol. The minimum Gasteiger partial charge on any atom is -0.382 e. The summed E-state index contributed by atoms with van der Waals surface area (Å²) in [4.78, 5) is 0. The van der Waals surface area contributed by atoms with Crippen molar-refractivity contribution < 1.29 is 4.74 Å². The number of hydrogen-bond acceptors (Lipinski definition) is 4. The molecule has 0 aliphatic carbocycles. The Labute approximate surface area is 122 Å². The molecule has 0 bridgehead atoms. The third-order valence-electron chi connectivity index (χ3n) is 3.72. The van der Waals surface area contributed by atoms with E-state index in [9.17, 15) is 0 Å². The van der Waals surface area contributed by atoms with Crippen LogP contribution in [0.3, 0.4) is 0 Å². The lowest BCUT2D eigenvalue weighted by molar-refractivity contribution is 0.140. The van der Waals surface area contributed by atoms with Crippen LogP contribution in [0.4, 0.5) is 0 Å². The van der Waals surface area contributed by atoms with Crippen LogP contribution in [0.1, 0.15) is 58.2 Å². The number of ether oxygens (including phenoxy) is 1. The molecule has 0 amide bonds. The Balaban J connectivity index is 2.44. The van der Waals surface area contributed by atoms with Gasteiger partial charge in [0.05, 0.1) is 11.7 Å². The lowest BCUT2D eigenvalue weighted by atomic mass is 10.1. The fraction of sp³-hybridized carbons (Fsp3) is 0.800. The Bertz CT molecular complexity index is 349. The molecule has 116 valence electrons. The molecule has 1 aromatic heterocycles. The smallest absolute Gasteiger partial charge is 0.0640 e. The molecule has 1 unspecified atom stereocenters. The third kappa shape index (κ3) is 5.61. The molecular weight excluding hydrogens is 252 g/mol. The Morgan fingerprint density at radius 1 is 1.35 bits per heavy atom. The quantitative estimate of drug-likeness (QED) is 0.372. The van der Waals surface area contributed by atoms with E-state index in [4.69, 9.17) is 10.6 Å². The second kappa shape index (κ2) is 9.91. The zero-order chi connectivity index (χ0) is 14.8. The van der Waals surface area contributed by atoms with Crippen LogP contribution in [0, 0.1) is 0 Å². The van der Waals surface area contributed by atoms with Gasteiger partial charge in [-0.1, -0.05) is 13.8 Å². The van der Waals surface area contributed by atoms with E-state index in [2.05, 4.69) is 41.3 Å². The number of aromatic nitrogens is 2. The number of nitrogens with two attached hydrogens (primary N) is 1. The molecule has 0 aliphatic heterocycles. The molecule has 3 N–H and O–H groups in total. The van der Waals surface area contributed by atoms with Gasteiger partial charge in [0.1, 0.15) is 0 Å². The van der Waals surface area contributed by atoms with Crippen LogP contribution in [0.25, 0.3) is 0 Å². The molecule has 0 aromatic carbocycles. The van der Waals surface area contributed by atoms with Crippen molar-refractivity contribution in [3.05, 3.63) is 18.0 Å². The van der Waals surface area contributed by atoms with E-state index in [1.807, 2.05) is 6.92 Å². The topological polar surface area (TPSA) is 65.1 Å². The maximum absolute atomic E-state index is 5.63. The van der Waals surface area contributed by atoms with Crippen molar-refractivity contribution >= 4 is 0 Å². The van der Waals surface area contributed by atoms with Gasteiger partial charge in [-0.2, -0.15) is 5.10 Å². The van der Waals surface area contributed by atoms with Crippen molar-refractivity contribution in [3.63, 3.8) is 0 Å². The summed E-state index contributed by atoms with van der Waals surface area (Å²) in [5.74, 6) is 5.63. The molecule has 5 heteroatoms. The molecule has 20 heavy (non-hydrogen) atoms. The molecule has 0 aliphatic rings. The number of nitrogens with zero attached hydrogens (tertiary/aromatic N) is 2. The Morgan fingerprint density at radius 2 is 2.10 bits per heavy atom. The Kier molecular flexibility index (Phi) is 8.49. The number of hydrogen-bond donors (Lipinski definition) is 2. The summed E-state index contributed by atoms with van der Waals surface area (Å²) in [5.41, 5.74) is 4.00. The second-order valence-corrected chi connectivity index (χ2v) is 5.16. The van der Waals surface area contributed by atoms with Gasteiger partial charge in [-0.15, -0.1) is 0 Å². The maximum Gasteiger partial charge on any atom is 0.0640 e. The normalized spacial score (nSPS) is 13.1. The van der Waals surface area contributed by atoms with E-state index in [1.165, 1.54) is 0 Å². The van der Waals surface area contributed by atoms with Crippen LogP contribution in [0.5, 0.6) is 0 Å². The van der Waals surface area contributed by atoms with Crippen molar-refractivity contribution in [3.8, 4) is 0 Å². The van der Waals surface area contributed by atoms with Crippen molar-refractivity contribution in [2.75, 3.05) is 13.2 Å². The molecule has 0 spiro atoms. The fourth-order valence-electron chi connectivity index (χ4n) is 2.43. The summed E-state index contributed by atoms with van der Waals surface area (Å²) in [6, 6.07) is 2.87. The first-order chi connectivity index (χ1) is 9.74. The molecule has 0 saturated heterocycles. The molecule has 0 saturated carbocycles. The van der Waals surface area contributed by atoms with Crippen molar-refractivity contribution in [1.29, 1.82) is 0 Å². The summed E-state index contributed by atoms with van der Waals surface area (Å²) >= 11 is 0. The summed E-state index contributed by atoms with van der Waals surface area (Å²) in [5, 5.41) is 4.67. The van der Waals surface area contributed by atoms with Gasteiger partial charge >= 0.3 is 0 Å². The van der Waals surface area contributed by atoms with Crippen LogP contribution in [-0.2, 0) is 11.2 Å². The number of hydrazine groups is 1. The third-order valence-corrected chi connectivity index (χ3v) is 3.72. The van der Waals surface area contributed by atoms with Gasteiger partial charge in [-0.05, 0) is 38.7 Å². The molecule has 1 atom stereocenters. The number of nitrogens with one attached hydrogen (secondary N) is 1. The zero-order valence-corrected chi connectivity index (χ0v) is 13.1. The lowest BCUT2D eigenvalue weighted by Crippen LogP contribution is -2.37. The lowest BCUT2D eigenvalue weighted by Gasteiger charge is -2.15. The van der Waals surface area contributed by atoms with Gasteiger partial charge < -0.3 is 4.74 Å². The predicted octanol–water partition coefficient (Wildman–Crippen LogP) is 2.44. The highest BCUT2D eigenvalue weighted by Crippen LogP contribution is 2.15. The van der Waals surface area contributed by atoms with Crippen LogP contribution < -0.4 is 11.3 Å². The summed E-state index contributed by atoms with van der Waals surface area (Å²) < 4.78 is 7.44. The fourth-order valence-corrected chi connectivity index (χ4v) is 2.43. The largest absolute Gasteiger partial charge is 0.382 e. The first kappa shape index (κ1) is 17.1. The van der Waals surface area contributed by atoms with Crippen LogP contribution in [-0.4, -0.2) is 29.0 Å². The Morgan fingerprint density at radius 3 is 2.70 bits per heavy atom. The standard InChI is InChI=1S/C15H30N4O/c1-4-15(5-2)19-10-9-14(18-19)12-13(17-16)8-7-11-20-6-3/h9-10,13,15,17H,4-8,11-12,16H2,1-3H3. The minimum absolute atomic E-state index is 0.264. The van der Waals surface area contributed by atoms with Crippen LogP contribution in [0.15, 0.2) is 12.3 Å². The van der Waals surface area contributed by atoms with Crippen LogP contribution in [0.2, 0.25) is 0 Å². The van der Waals surface area contributed by atoms with Gasteiger partial charge in [-0.3, -0.25) is 16.0 Å². The van der Waals surface area contributed by atoms with Gasteiger partial charge in [0.25, 0.3) is 0 Å². The van der Waals surface area contributed by atoms with E-state index in [-0.39, 0.29) is 6.04 Å². The first-order valence-electron chi connectivity index (χ1n) is 7.82. The van der Waals surface area contributed by atoms with E-state index in [0.29, 0.717) is 6.04 Å². The summed E-state index contributed by atoms with van der Waals surface area (Å²) in [6.07, 6.45) is 7.22. The van der Waals surface area contributed by atoms with E-state index < -0.39 is 0 Å². The van der Waals surface area contributed by atoms with Crippen LogP contribution >= 0.6 is 0 Å². The summed E-state index contributed by atoms with van der Waals surface area (Å²) in [6.45, 7) is 8.00. The van der Waals surface area contributed by atoms with Crippen molar-refractivity contribution in [1.82, 2.24) is 15.2 Å². The highest BCUT2D eigenvalue weighted by atomic mass is 16.5. The van der Waals surface area contributed by atoms with Gasteiger partial charge in [-0.25, -0.2) is 0 Å².